The van der Waals surface area contributed by atoms with E-state index in [0.29, 0.717) is 0 Å². The number of hydrogen-bond donors (Lipinski definition) is 0. The molecule has 52 valence electrons. The van der Waals surface area contributed by atoms with Crippen molar-refractivity contribution < 1.29 is 13.2 Å². The maximum Gasteiger partial charge on any atom is 0.395 e. The summed E-state index contributed by atoms with van der Waals surface area (Å²) in [7, 11) is 0. The van der Waals surface area contributed by atoms with Crippen LogP contribution in [0.2, 0.25) is 0 Å². The van der Waals surface area contributed by atoms with Crippen LogP contribution in [0.25, 0.3) is 0 Å². The van der Waals surface area contributed by atoms with Crippen LogP contribution in [0.1, 0.15) is 6.92 Å². The van der Waals surface area contributed by atoms with E-state index in [2.05, 4.69) is 12.3 Å². The molecular formula is C6H7F3. The first-order valence-electron chi connectivity index (χ1n) is 2.41. The zero-order valence-electron chi connectivity index (χ0n) is 5.00. The van der Waals surface area contributed by atoms with Gasteiger partial charge in [-0.15, -0.1) is 5.73 Å². The van der Waals surface area contributed by atoms with Gasteiger partial charge in [0, 0.05) is 0 Å². The van der Waals surface area contributed by atoms with Gasteiger partial charge < -0.3 is 0 Å². The summed E-state index contributed by atoms with van der Waals surface area (Å²) in [4.78, 5) is 0. The predicted molar refractivity (Wildman–Crippen MR) is 28.9 cm³/mol. The van der Waals surface area contributed by atoms with E-state index in [-0.39, 0.29) is 0 Å². The molecule has 0 aliphatic heterocycles. The summed E-state index contributed by atoms with van der Waals surface area (Å²) in [5, 5.41) is 0. The minimum absolute atomic E-state index is 0.889. The topological polar surface area (TPSA) is 0 Å². The van der Waals surface area contributed by atoms with Gasteiger partial charge in [0.15, 0.2) is 0 Å². The SMILES string of the molecule is C=C=CC(C)C(F)(F)F. The molecule has 0 radical (unpaired) electrons. The molecule has 9 heavy (non-hydrogen) atoms. The van der Waals surface area contributed by atoms with Crippen molar-refractivity contribution in [3.05, 3.63) is 18.4 Å². The third-order valence-corrected chi connectivity index (χ3v) is 0.884. The van der Waals surface area contributed by atoms with Gasteiger partial charge in [-0.25, -0.2) is 0 Å². The Hall–Kier alpha value is -0.690. The maximum absolute atomic E-state index is 11.5. The van der Waals surface area contributed by atoms with Crippen LogP contribution in [-0.2, 0) is 0 Å². The first-order valence-corrected chi connectivity index (χ1v) is 2.41. The molecule has 0 bridgehead atoms. The lowest BCUT2D eigenvalue weighted by Gasteiger charge is -2.08. The second-order valence-electron chi connectivity index (χ2n) is 1.70. The fourth-order valence-corrected chi connectivity index (χ4v) is 0.271. The normalized spacial score (nSPS) is 14.2. The Morgan fingerprint density at radius 1 is 1.56 bits per heavy atom. The van der Waals surface area contributed by atoms with Crippen LogP contribution in [0.3, 0.4) is 0 Å². The van der Waals surface area contributed by atoms with Gasteiger partial charge >= 0.3 is 6.18 Å². The summed E-state index contributed by atoms with van der Waals surface area (Å²) in [6, 6.07) is 0. The van der Waals surface area contributed by atoms with Crippen molar-refractivity contribution in [1.29, 1.82) is 0 Å². The minimum Gasteiger partial charge on any atom is -0.170 e. The molecule has 0 spiro atoms. The maximum atomic E-state index is 11.5. The molecule has 0 aromatic rings. The minimum atomic E-state index is -4.15. The van der Waals surface area contributed by atoms with Gasteiger partial charge in [0.1, 0.15) is 0 Å². The van der Waals surface area contributed by atoms with Crippen molar-refractivity contribution in [2.75, 3.05) is 0 Å². The van der Waals surface area contributed by atoms with E-state index in [1.165, 1.54) is 0 Å². The highest BCUT2D eigenvalue weighted by atomic mass is 19.4. The molecular weight excluding hydrogens is 129 g/mol. The highest BCUT2D eigenvalue weighted by Crippen LogP contribution is 2.25. The fraction of sp³-hybridized carbons (Fsp3) is 0.500. The standard InChI is InChI=1S/C6H7F3/c1-3-4-5(2)6(7,8)9/h4-5H,1H2,2H3. The van der Waals surface area contributed by atoms with Gasteiger partial charge in [0.2, 0.25) is 0 Å². The molecule has 0 aromatic heterocycles. The summed E-state index contributed by atoms with van der Waals surface area (Å²) >= 11 is 0. The van der Waals surface area contributed by atoms with Crippen LogP contribution in [0.4, 0.5) is 13.2 Å². The smallest absolute Gasteiger partial charge is 0.170 e. The molecule has 0 heterocycles. The summed E-state index contributed by atoms with van der Waals surface area (Å²) in [6.07, 6.45) is -3.26. The molecule has 0 rings (SSSR count). The van der Waals surface area contributed by atoms with E-state index < -0.39 is 12.1 Å². The molecule has 1 unspecified atom stereocenters. The fourth-order valence-electron chi connectivity index (χ4n) is 0.271. The Bertz CT molecular complexity index is 128. The van der Waals surface area contributed by atoms with E-state index >= 15 is 0 Å². The Kier molecular flexibility index (Phi) is 2.53. The number of halogens is 3. The molecule has 1 atom stereocenters. The Labute approximate surface area is 51.7 Å². The summed E-state index contributed by atoms with van der Waals surface area (Å²) in [5.74, 6) is -1.44. The Morgan fingerprint density at radius 3 is 2.11 bits per heavy atom. The molecule has 0 saturated heterocycles. The van der Waals surface area contributed by atoms with E-state index in [9.17, 15) is 13.2 Å². The lowest BCUT2D eigenvalue weighted by atomic mass is 10.2. The third kappa shape index (κ3) is 2.98. The highest BCUT2D eigenvalue weighted by molar-refractivity contribution is 4.85. The van der Waals surface area contributed by atoms with Crippen molar-refractivity contribution in [3.63, 3.8) is 0 Å². The van der Waals surface area contributed by atoms with Crippen molar-refractivity contribution in [2.45, 2.75) is 13.1 Å². The first kappa shape index (κ1) is 8.31. The third-order valence-electron chi connectivity index (χ3n) is 0.884. The zero-order valence-corrected chi connectivity index (χ0v) is 5.00. The van der Waals surface area contributed by atoms with Crippen molar-refractivity contribution in [1.82, 2.24) is 0 Å². The van der Waals surface area contributed by atoms with Gasteiger partial charge in [0.05, 0.1) is 5.92 Å². The summed E-state index contributed by atoms with van der Waals surface area (Å²) < 4.78 is 34.6. The lowest BCUT2D eigenvalue weighted by Crippen LogP contribution is -2.16. The largest absolute Gasteiger partial charge is 0.395 e. The van der Waals surface area contributed by atoms with Crippen LogP contribution in [-0.4, -0.2) is 6.18 Å². The molecule has 0 aliphatic carbocycles. The molecule has 0 N–H and O–H groups in total. The number of allylic oxidation sites excluding steroid dienone is 1. The van der Waals surface area contributed by atoms with Gasteiger partial charge in [-0.2, -0.15) is 13.2 Å². The average molecular weight is 136 g/mol. The summed E-state index contributed by atoms with van der Waals surface area (Å²) in [6.45, 7) is 4.09. The molecule has 0 amide bonds. The first-order chi connectivity index (χ1) is 3.98. The van der Waals surface area contributed by atoms with E-state index in [1.807, 2.05) is 0 Å². The van der Waals surface area contributed by atoms with Crippen LogP contribution < -0.4 is 0 Å². The van der Waals surface area contributed by atoms with Crippen molar-refractivity contribution in [2.24, 2.45) is 5.92 Å². The van der Waals surface area contributed by atoms with Crippen molar-refractivity contribution >= 4 is 0 Å². The molecule has 3 heteroatoms. The molecule has 0 saturated carbocycles. The van der Waals surface area contributed by atoms with E-state index in [0.717, 1.165) is 13.0 Å². The van der Waals surface area contributed by atoms with Crippen molar-refractivity contribution in [3.8, 4) is 0 Å². The monoisotopic (exact) mass is 136 g/mol. The second-order valence-corrected chi connectivity index (χ2v) is 1.70. The van der Waals surface area contributed by atoms with Crippen LogP contribution in [0.5, 0.6) is 0 Å². The molecule has 0 nitrogen and oxygen atoms in total. The quantitative estimate of drug-likeness (QED) is 0.486. The molecule has 0 aromatic carbocycles. The number of hydrogen-bond acceptors (Lipinski definition) is 0. The lowest BCUT2D eigenvalue weighted by molar-refractivity contribution is -0.156. The number of rotatable bonds is 1. The highest BCUT2D eigenvalue weighted by Gasteiger charge is 2.33. The average Bonchev–Trinajstić information content (AvgIpc) is 1.64. The second kappa shape index (κ2) is 2.74. The van der Waals surface area contributed by atoms with Crippen LogP contribution in [0, 0.1) is 5.92 Å². The molecule has 0 fully saturated rings. The number of alkyl halides is 3. The van der Waals surface area contributed by atoms with Gasteiger partial charge in [-0.05, 0) is 13.0 Å². The Morgan fingerprint density at radius 2 is 2.00 bits per heavy atom. The van der Waals surface area contributed by atoms with E-state index in [1.54, 1.807) is 0 Å². The molecule has 0 aliphatic rings. The van der Waals surface area contributed by atoms with Gasteiger partial charge in [-0.3, -0.25) is 0 Å². The van der Waals surface area contributed by atoms with E-state index in [4.69, 9.17) is 0 Å². The predicted octanol–water partition coefficient (Wildman–Crippen LogP) is 2.53. The zero-order chi connectivity index (χ0) is 7.49. The van der Waals surface area contributed by atoms with Crippen LogP contribution >= 0.6 is 0 Å². The van der Waals surface area contributed by atoms with Gasteiger partial charge in [-0.1, -0.05) is 6.58 Å². The summed E-state index contributed by atoms with van der Waals surface area (Å²) in [5.41, 5.74) is 2.08. The van der Waals surface area contributed by atoms with Gasteiger partial charge in [0.25, 0.3) is 0 Å². The Balaban J connectivity index is 4.03. The van der Waals surface area contributed by atoms with Crippen LogP contribution in [0.15, 0.2) is 18.4 Å².